The van der Waals surface area contributed by atoms with Crippen LogP contribution in [0.25, 0.3) is 0 Å². The Morgan fingerprint density at radius 1 is 1.33 bits per heavy atom. The maximum Gasteiger partial charge on any atom is 0.243 e. The second-order valence-corrected chi connectivity index (χ2v) is 9.16. The van der Waals surface area contributed by atoms with E-state index in [-0.39, 0.29) is 40.9 Å². The molecule has 0 saturated carbocycles. The molecular weight excluding hydrogens is 355 g/mol. The van der Waals surface area contributed by atoms with Crippen LogP contribution in [0.1, 0.15) is 6.42 Å². The van der Waals surface area contributed by atoms with Crippen LogP contribution in [0.15, 0.2) is 24.3 Å². The van der Waals surface area contributed by atoms with Crippen LogP contribution in [-0.2, 0) is 19.4 Å². The van der Waals surface area contributed by atoms with E-state index in [1.54, 1.807) is 0 Å². The molecule has 1 atom stereocenters. The molecule has 1 aromatic rings. The number of nitrogens with one attached hydrogen (secondary N) is 1. The third-order valence-corrected chi connectivity index (χ3v) is 6.83. The van der Waals surface area contributed by atoms with E-state index in [1.807, 2.05) is 0 Å². The molecule has 0 aromatic heterocycles. The highest BCUT2D eigenvalue weighted by Gasteiger charge is 2.29. The minimum absolute atomic E-state index is 0.0552. The van der Waals surface area contributed by atoms with E-state index >= 15 is 0 Å². The Morgan fingerprint density at radius 2 is 2.00 bits per heavy atom. The van der Waals surface area contributed by atoms with Crippen molar-refractivity contribution in [1.82, 2.24) is 4.90 Å². The van der Waals surface area contributed by atoms with E-state index in [0.29, 0.717) is 12.1 Å². The van der Waals surface area contributed by atoms with Gasteiger partial charge in [-0.2, -0.15) is 0 Å². The number of halogens is 1. The molecule has 132 valence electrons. The molecule has 0 radical (unpaired) electrons. The van der Waals surface area contributed by atoms with E-state index in [0.717, 1.165) is 0 Å². The molecule has 2 rings (SSSR count). The van der Waals surface area contributed by atoms with E-state index in [9.17, 15) is 22.4 Å². The normalized spacial score (nSPS) is 19.0. The number of likely N-dealkylation sites (N-methyl/N-ethyl adjacent to an activating group) is 1. The summed E-state index contributed by atoms with van der Waals surface area (Å²) in [5.41, 5.74) is 0.452. The first-order valence-corrected chi connectivity index (χ1v) is 10.2. The standard InChI is InChI=1S/C15H19FN2O4S2/c1-18(8-14(19)17-12-4-2-11(16)3-5-12)15(20)9-23-13-6-7-24(21,22)10-13/h2-5,13H,6-10H2,1H3,(H,17,19)/t13-/m1/s1. The van der Waals surface area contributed by atoms with Gasteiger partial charge in [0, 0.05) is 18.0 Å². The first-order chi connectivity index (χ1) is 11.2. The van der Waals surface area contributed by atoms with Crippen molar-refractivity contribution in [2.45, 2.75) is 11.7 Å². The van der Waals surface area contributed by atoms with Gasteiger partial charge < -0.3 is 10.2 Å². The summed E-state index contributed by atoms with van der Waals surface area (Å²) >= 11 is 1.31. The molecule has 1 heterocycles. The first-order valence-electron chi connectivity index (χ1n) is 7.36. The van der Waals surface area contributed by atoms with Gasteiger partial charge in [0.25, 0.3) is 0 Å². The largest absolute Gasteiger partial charge is 0.336 e. The second-order valence-electron chi connectivity index (χ2n) is 5.64. The summed E-state index contributed by atoms with van der Waals surface area (Å²) in [7, 11) is -1.44. The minimum atomic E-state index is -2.96. The third-order valence-electron chi connectivity index (χ3n) is 3.57. The molecule has 0 spiro atoms. The second kappa shape index (κ2) is 7.98. The van der Waals surface area contributed by atoms with Crippen molar-refractivity contribution in [3.05, 3.63) is 30.1 Å². The van der Waals surface area contributed by atoms with Gasteiger partial charge in [-0.15, -0.1) is 11.8 Å². The maximum absolute atomic E-state index is 12.8. The minimum Gasteiger partial charge on any atom is -0.336 e. The number of rotatable bonds is 6. The topological polar surface area (TPSA) is 83.6 Å². The Bertz CT molecular complexity index is 707. The van der Waals surface area contributed by atoms with E-state index in [4.69, 9.17) is 0 Å². The summed E-state index contributed by atoms with van der Waals surface area (Å²) in [6, 6.07) is 5.34. The number of carbonyl (C=O) groups is 2. The SMILES string of the molecule is CN(CC(=O)Nc1ccc(F)cc1)C(=O)CS[C@@H]1CCS(=O)(=O)C1. The van der Waals surface area contributed by atoms with Gasteiger partial charge in [-0.05, 0) is 30.7 Å². The Labute approximate surface area is 144 Å². The van der Waals surface area contributed by atoms with Crippen molar-refractivity contribution >= 4 is 39.1 Å². The molecule has 1 aromatic carbocycles. The summed E-state index contributed by atoms with van der Waals surface area (Å²) < 4.78 is 35.5. The van der Waals surface area contributed by atoms with Crippen LogP contribution in [0.5, 0.6) is 0 Å². The molecule has 1 saturated heterocycles. The number of anilines is 1. The van der Waals surface area contributed by atoms with E-state index in [1.165, 1.54) is 48.0 Å². The third kappa shape index (κ3) is 5.79. The number of hydrogen-bond donors (Lipinski definition) is 1. The predicted octanol–water partition coefficient (Wildman–Crippen LogP) is 1.14. The smallest absolute Gasteiger partial charge is 0.243 e. The molecule has 1 aliphatic rings. The van der Waals surface area contributed by atoms with Gasteiger partial charge in [-0.1, -0.05) is 0 Å². The zero-order valence-electron chi connectivity index (χ0n) is 13.2. The fourth-order valence-corrected chi connectivity index (χ4v) is 5.81. The van der Waals surface area contributed by atoms with Crippen LogP contribution in [0.4, 0.5) is 10.1 Å². The van der Waals surface area contributed by atoms with Gasteiger partial charge in [-0.25, -0.2) is 12.8 Å². The number of amides is 2. The van der Waals surface area contributed by atoms with E-state index in [2.05, 4.69) is 5.32 Å². The van der Waals surface area contributed by atoms with Crippen LogP contribution in [0.3, 0.4) is 0 Å². The fraction of sp³-hybridized carbons (Fsp3) is 0.467. The summed E-state index contributed by atoms with van der Waals surface area (Å²) in [4.78, 5) is 25.2. The lowest BCUT2D eigenvalue weighted by atomic mass is 10.3. The van der Waals surface area contributed by atoms with Gasteiger partial charge in [0.1, 0.15) is 5.82 Å². The molecule has 0 aliphatic carbocycles. The van der Waals surface area contributed by atoms with Gasteiger partial charge in [0.05, 0.1) is 23.8 Å². The number of thioether (sulfide) groups is 1. The number of hydrogen-bond acceptors (Lipinski definition) is 5. The lowest BCUT2D eigenvalue weighted by Gasteiger charge is -2.17. The first kappa shape index (κ1) is 18.7. The number of nitrogens with zero attached hydrogens (tertiary/aromatic N) is 1. The summed E-state index contributed by atoms with van der Waals surface area (Å²) in [6.07, 6.45) is 0.565. The molecule has 1 N–H and O–H groups in total. The lowest BCUT2D eigenvalue weighted by molar-refractivity contribution is -0.131. The Hall–Kier alpha value is -1.61. The molecule has 9 heteroatoms. The van der Waals surface area contributed by atoms with Crippen molar-refractivity contribution < 1.29 is 22.4 Å². The average molecular weight is 374 g/mol. The van der Waals surface area contributed by atoms with Crippen LogP contribution in [0.2, 0.25) is 0 Å². The quantitative estimate of drug-likeness (QED) is 0.807. The van der Waals surface area contributed by atoms with Gasteiger partial charge >= 0.3 is 0 Å². The van der Waals surface area contributed by atoms with Gasteiger partial charge in [0.15, 0.2) is 9.84 Å². The Kier molecular flexibility index (Phi) is 6.22. The molecular formula is C15H19FN2O4S2. The highest BCUT2D eigenvalue weighted by atomic mass is 32.2. The molecule has 1 fully saturated rings. The van der Waals surface area contributed by atoms with Crippen molar-refractivity contribution in [3.8, 4) is 0 Å². The monoisotopic (exact) mass is 374 g/mol. The summed E-state index contributed by atoms with van der Waals surface area (Å²) in [6.45, 7) is -0.125. The van der Waals surface area contributed by atoms with E-state index < -0.39 is 15.7 Å². The predicted molar refractivity (Wildman–Crippen MR) is 92.2 cm³/mol. The van der Waals surface area contributed by atoms with Crippen LogP contribution < -0.4 is 5.32 Å². The highest BCUT2D eigenvalue weighted by molar-refractivity contribution is 8.02. The van der Waals surface area contributed by atoms with Crippen molar-refractivity contribution in [1.29, 1.82) is 0 Å². The zero-order chi connectivity index (χ0) is 17.7. The van der Waals surface area contributed by atoms with Crippen LogP contribution >= 0.6 is 11.8 Å². The molecule has 0 unspecified atom stereocenters. The van der Waals surface area contributed by atoms with Gasteiger partial charge in [-0.3, -0.25) is 9.59 Å². The van der Waals surface area contributed by atoms with Crippen LogP contribution in [0, 0.1) is 5.82 Å². The molecule has 2 amide bonds. The maximum atomic E-state index is 12.8. The summed E-state index contributed by atoms with van der Waals surface area (Å²) in [5.74, 6) is -0.592. The summed E-state index contributed by atoms with van der Waals surface area (Å²) in [5, 5.41) is 2.52. The molecule has 24 heavy (non-hydrogen) atoms. The Balaban J connectivity index is 1.74. The van der Waals surface area contributed by atoms with Crippen molar-refractivity contribution in [2.75, 3.05) is 36.2 Å². The van der Waals surface area contributed by atoms with Crippen LogP contribution in [-0.4, -0.2) is 61.2 Å². The molecule has 1 aliphatic heterocycles. The average Bonchev–Trinajstić information content (AvgIpc) is 2.86. The number of sulfone groups is 1. The molecule has 6 nitrogen and oxygen atoms in total. The van der Waals surface area contributed by atoms with Crippen molar-refractivity contribution in [2.24, 2.45) is 0 Å². The van der Waals surface area contributed by atoms with Gasteiger partial charge in [0.2, 0.25) is 11.8 Å². The lowest BCUT2D eigenvalue weighted by Crippen LogP contribution is -2.36. The highest BCUT2D eigenvalue weighted by Crippen LogP contribution is 2.24. The number of carbonyl (C=O) groups excluding carboxylic acids is 2. The Morgan fingerprint density at radius 3 is 2.58 bits per heavy atom. The number of benzene rings is 1. The fourth-order valence-electron chi connectivity index (χ4n) is 2.23. The van der Waals surface area contributed by atoms with Crippen molar-refractivity contribution in [3.63, 3.8) is 0 Å². The zero-order valence-corrected chi connectivity index (χ0v) is 14.8. The molecule has 0 bridgehead atoms.